The number of nitrogens with zero attached hydrogens (tertiary/aromatic N) is 2. The standard InChI is InChI=1S/C17H24FN3OS/c1-19-16(21-7-5-17(11-21)6-8-22-12-17)20-10-13-9-14(18)3-4-15(13)23-2/h3-4,9H,5-8,10-12H2,1-2H3,(H,19,20). The Kier molecular flexibility index (Phi) is 5.11. The Morgan fingerprint density at radius 1 is 1.48 bits per heavy atom. The lowest BCUT2D eigenvalue weighted by Crippen LogP contribution is -2.41. The van der Waals surface area contributed by atoms with Crippen LogP contribution in [0.2, 0.25) is 0 Å². The zero-order valence-corrected chi connectivity index (χ0v) is 14.6. The largest absolute Gasteiger partial charge is 0.381 e. The van der Waals surface area contributed by atoms with Gasteiger partial charge in [0.1, 0.15) is 5.82 Å². The molecule has 1 atom stereocenters. The number of hydrogen-bond donors (Lipinski definition) is 1. The lowest BCUT2D eigenvalue weighted by atomic mass is 9.87. The van der Waals surface area contributed by atoms with Gasteiger partial charge in [-0.25, -0.2) is 4.39 Å². The van der Waals surface area contributed by atoms with Gasteiger partial charge in [0, 0.05) is 43.6 Å². The van der Waals surface area contributed by atoms with Crippen molar-refractivity contribution in [1.82, 2.24) is 10.2 Å². The molecule has 2 aliphatic rings. The minimum atomic E-state index is -0.196. The van der Waals surface area contributed by atoms with Gasteiger partial charge in [-0.05, 0) is 42.9 Å². The van der Waals surface area contributed by atoms with Crippen LogP contribution in [-0.2, 0) is 11.3 Å². The second-order valence-corrected chi connectivity index (χ2v) is 7.18. The van der Waals surface area contributed by atoms with E-state index in [1.165, 1.54) is 6.07 Å². The number of halogens is 1. The lowest BCUT2D eigenvalue weighted by Gasteiger charge is -2.25. The van der Waals surface area contributed by atoms with Gasteiger partial charge in [0.2, 0.25) is 0 Å². The maximum atomic E-state index is 13.5. The van der Waals surface area contributed by atoms with E-state index in [1.807, 2.05) is 12.3 Å². The van der Waals surface area contributed by atoms with Gasteiger partial charge in [-0.1, -0.05) is 0 Å². The molecular formula is C17H24FN3OS. The summed E-state index contributed by atoms with van der Waals surface area (Å²) in [5, 5.41) is 3.39. The van der Waals surface area contributed by atoms with Gasteiger partial charge >= 0.3 is 0 Å². The third-order valence-electron chi connectivity index (χ3n) is 4.81. The van der Waals surface area contributed by atoms with Crippen LogP contribution in [0.4, 0.5) is 4.39 Å². The van der Waals surface area contributed by atoms with Crippen LogP contribution < -0.4 is 5.32 Å². The molecule has 2 saturated heterocycles. The molecule has 0 aliphatic carbocycles. The van der Waals surface area contributed by atoms with E-state index in [2.05, 4.69) is 15.2 Å². The Morgan fingerprint density at radius 2 is 2.35 bits per heavy atom. The van der Waals surface area contributed by atoms with Crippen LogP contribution >= 0.6 is 11.8 Å². The number of benzene rings is 1. The summed E-state index contributed by atoms with van der Waals surface area (Å²) in [5.74, 6) is 0.697. The summed E-state index contributed by atoms with van der Waals surface area (Å²) in [7, 11) is 1.81. The van der Waals surface area contributed by atoms with Crippen LogP contribution in [0.3, 0.4) is 0 Å². The topological polar surface area (TPSA) is 36.9 Å². The monoisotopic (exact) mass is 337 g/mol. The predicted molar refractivity (Wildman–Crippen MR) is 92.4 cm³/mol. The highest BCUT2D eigenvalue weighted by Crippen LogP contribution is 2.38. The van der Waals surface area contributed by atoms with Crippen LogP contribution in [0.5, 0.6) is 0 Å². The second kappa shape index (κ2) is 7.09. The van der Waals surface area contributed by atoms with Gasteiger partial charge in [0.05, 0.1) is 6.61 Å². The van der Waals surface area contributed by atoms with Crippen LogP contribution in [0, 0.1) is 11.2 Å². The molecule has 4 nitrogen and oxygen atoms in total. The van der Waals surface area contributed by atoms with Crippen LogP contribution in [0.15, 0.2) is 28.1 Å². The summed E-state index contributed by atoms with van der Waals surface area (Å²) in [6.45, 7) is 4.31. The fraction of sp³-hybridized carbons (Fsp3) is 0.588. The summed E-state index contributed by atoms with van der Waals surface area (Å²) >= 11 is 1.63. The van der Waals surface area contributed by atoms with Crippen molar-refractivity contribution in [2.75, 3.05) is 39.6 Å². The quantitative estimate of drug-likeness (QED) is 0.523. The number of thioether (sulfide) groups is 1. The summed E-state index contributed by atoms with van der Waals surface area (Å²) < 4.78 is 19.1. The van der Waals surface area contributed by atoms with Crippen molar-refractivity contribution < 1.29 is 9.13 Å². The zero-order chi connectivity index (χ0) is 16.3. The van der Waals surface area contributed by atoms with E-state index in [4.69, 9.17) is 4.74 Å². The molecule has 1 unspecified atom stereocenters. The maximum absolute atomic E-state index is 13.5. The van der Waals surface area contributed by atoms with Crippen LogP contribution in [-0.4, -0.2) is 50.5 Å². The summed E-state index contributed by atoms with van der Waals surface area (Å²) in [4.78, 5) is 7.80. The molecule has 23 heavy (non-hydrogen) atoms. The Labute approximate surface area is 141 Å². The number of ether oxygens (including phenoxy) is 1. The van der Waals surface area contributed by atoms with E-state index in [-0.39, 0.29) is 5.82 Å². The number of likely N-dealkylation sites (tertiary alicyclic amines) is 1. The minimum absolute atomic E-state index is 0.196. The third kappa shape index (κ3) is 3.63. The highest BCUT2D eigenvalue weighted by molar-refractivity contribution is 7.98. The van der Waals surface area contributed by atoms with Crippen LogP contribution in [0.1, 0.15) is 18.4 Å². The Morgan fingerprint density at radius 3 is 3.04 bits per heavy atom. The van der Waals surface area contributed by atoms with Gasteiger partial charge in [0.15, 0.2) is 5.96 Å². The molecule has 0 amide bonds. The Bertz CT molecular complexity index is 587. The van der Waals surface area contributed by atoms with E-state index < -0.39 is 0 Å². The van der Waals surface area contributed by atoms with Crippen molar-refractivity contribution in [3.05, 3.63) is 29.6 Å². The van der Waals surface area contributed by atoms with E-state index in [0.717, 1.165) is 55.6 Å². The first kappa shape index (κ1) is 16.6. The van der Waals surface area contributed by atoms with Crippen LogP contribution in [0.25, 0.3) is 0 Å². The molecule has 126 valence electrons. The molecule has 2 aliphatic heterocycles. The van der Waals surface area contributed by atoms with Gasteiger partial charge in [-0.2, -0.15) is 0 Å². The molecule has 0 saturated carbocycles. The van der Waals surface area contributed by atoms with E-state index in [0.29, 0.717) is 12.0 Å². The first-order valence-electron chi connectivity index (χ1n) is 8.01. The molecule has 2 heterocycles. The molecule has 3 rings (SSSR count). The molecule has 2 fully saturated rings. The molecular weight excluding hydrogens is 313 g/mol. The molecule has 0 radical (unpaired) electrons. The van der Waals surface area contributed by atoms with Gasteiger partial charge in [0.25, 0.3) is 0 Å². The molecule has 1 aromatic rings. The van der Waals surface area contributed by atoms with Crippen molar-refractivity contribution in [1.29, 1.82) is 0 Å². The van der Waals surface area contributed by atoms with Gasteiger partial charge in [-0.3, -0.25) is 4.99 Å². The minimum Gasteiger partial charge on any atom is -0.381 e. The number of nitrogens with one attached hydrogen (secondary N) is 1. The SMILES string of the molecule is CN=C(NCc1cc(F)ccc1SC)N1CCC2(CCOC2)C1. The number of rotatable bonds is 3. The normalized spacial score (nSPS) is 24.7. The zero-order valence-electron chi connectivity index (χ0n) is 13.8. The predicted octanol–water partition coefficient (Wildman–Crippen LogP) is 2.74. The molecule has 1 aromatic carbocycles. The average molecular weight is 337 g/mol. The highest BCUT2D eigenvalue weighted by atomic mass is 32.2. The number of guanidine groups is 1. The van der Waals surface area contributed by atoms with E-state index in [9.17, 15) is 4.39 Å². The third-order valence-corrected chi connectivity index (χ3v) is 5.65. The molecule has 1 N–H and O–H groups in total. The van der Waals surface area contributed by atoms with Crippen molar-refractivity contribution in [3.8, 4) is 0 Å². The molecule has 0 bridgehead atoms. The molecule has 6 heteroatoms. The maximum Gasteiger partial charge on any atom is 0.193 e. The Balaban J connectivity index is 1.64. The molecule has 0 aromatic heterocycles. The molecule has 1 spiro atoms. The van der Waals surface area contributed by atoms with Crippen molar-refractivity contribution >= 4 is 17.7 Å². The highest BCUT2D eigenvalue weighted by Gasteiger charge is 2.42. The number of hydrogen-bond acceptors (Lipinski definition) is 3. The first-order valence-corrected chi connectivity index (χ1v) is 9.24. The van der Waals surface area contributed by atoms with E-state index in [1.54, 1.807) is 24.9 Å². The lowest BCUT2D eigenvalue weighted by molar-refractivity contribution is 0.156. The second-order valence-electron chi connectivity index (χ2n) is 6.33. The summed E-state index contributed by atoms with van der Waals surface area (Å²) in [5.41, 5.74) is 1.28. The van der Waals surface area contributed by atoms with Gasteiger partial charge < -0.3 is 15.0 Å². The average Bonchev–Trinajstić information content (AvgIpc) is 3.19. The number of aliphatic imine (C=N–C) groups is 1. The fourth-order valence-electron chi connectivity index (χ4n) is 3.48. The van der Waals surface area contributed by atoms with E-state index >= 15 is 0 Å². The van der Waals surface area contributed by atoms with Gasteiger partial charge in [-0.15, -0.1) is 11.8 Å². The smallest absolute Gasteiger partial charge is 0.193 e. The fourth-order valence-corrected chi connectivity index (χ4v) is 4.08. The summed E-state index contributed by atoms with van der Waals surface area (Å²) in [6, 6.07) is 4.94. The van der Waals surface area contributed by atoms with Crippen molar-refractivity contribution in [2.24, 2.45) is 10.4 Å². The summed E-state index contributed by atoms with van der Waals surface area (Å²) in [6.07, 6.45) is 4.31. The van der Waals surface area contributed by atoms with Crippen molar-refractivity contribution in [3.63, 3.8) is 0 Å². The Hall–Kier alpha value is -1.27. The first-order chi connectivity index (χ1) is 11.2. The van der Waals surface area contributed by atoms with Crippen molar-refractivity contribution in [2.45, 2.75) is 24.3 Å².